The van der Waals surface area contributed by atoms with Crippen molar-refractivity contribution in [2.75, 3.05) is 12.9 Å². The molecule has 2 N–H and O–H groups in total. The Balaban J connectivity index is 1.92. The van der Waals surface area contributed by atoms with E-state index in [4.69, 9.17) is 5.11 Å². The lowest BCUT2D eigenvalue weighted by atomic mass is 10.0. The predicted octanol–water partition coefficient (Wildman–Crippen LogP) is 1.28. The highest BCUT2D eigenvalue weighted by Gasteiger charge is 2.51. The number of carbonyl (C=O) groups excluding carboxylic acids is 2. The predicted molar refractivity (Wildman–Crippen MR) is 72.7 cm³/mol. The van der Waals surface area contributed by atoms with Gasteiger partial charge in [0.2, 0.25) is 0 Å². The molecule has 0 unspecified atom stereocenters. The number of aliphatic carboxylic acids is 1. The van der Waals surface area contributed by atoms with Crippen molar-refractivity contribution in [2.45, 2.75) is 43.0 Å². The van der Waals surface area contributed by atoms with Crippen LogP contribution in [0, 0.1) is 0 Å². The van der Waals surface area contributed by atoms with E-state index >= 15 is 0 Å². The lowest BCUT2D eigenvalue weighted by molar-refractivity contribution is -0.137. The maximum atomic E-state index is 11.8. The van der Waals surface area contributed by atoms with Gasteiger partial charge in [0, 0.05) is 17.4 Å². The SMILES string of the molecule is COC(=O)N1C(=O)N[C@@H]2CS[C@H](CCCCC(=O)O)[C@@H]21. The molecule has 0 bridgehead atoms. The van der Waals surface area contributed by atoms with Gasteiger partial charge >= 0.3 is 18.1 Å². The molecule has 0 aromatic heterocycles. The summed E-state index contributed by atoms with van der Waals surface area (Å²) in [6, 6.07) is -0.622. The number of methoxy groups -OCH3 is 1. The molecule has 0 radical (unpaired) electrons. The van der Waals surface area contributed by atoms with Crippen molar-refractivity contribution in [3.63, 3.8) is 0 Å². The number of rotatable bonds is 5. The van der Waals surface area contributed by atoms with Crippen molar-refractivity contribution < 1.29 is 24.2 Å². The number of amides is 3. The van der Waals surface area contributed by atoms with E-state index < -0.39 is 18.1 Å². The monoisotopic (exact) mass is 302 g/mol. The number of ether oxygens (including phenoxy) is 1. The van der Waals surface area contributed by atoms with Crippen molar-refractivity contribution in [2.24, 2.45) is 0 Å². The molecule has 0 spiro atoms. The Morgan fingerprint density at radius 3 is 2.90 bits per heavy atom. The molecule has 3 amide bonds. The minimum Gasteiger partial charge on any atom is -0.481 e. The topological polar surface area (TPSA) is 95.9 Å². The summed E-state index contributed by atoms with van der Waals surface area (Å²) in [6.45, 7) is 0. The number of hydrogen-bond acceptors (Lipinski definition) is 5. The first-order valence-electron chi connectivity index (χ1n) is 6.55. The summed E-state index contributed by atoms with van der Waals surface area (Å²) < 4.78 is 4.66. The number of nitrogens with one attached hydrogen (secondary N) is 1. The zero-order valence-corrected chi connectivity index (χ0v) is 12.0. The number of imide groups is 1. The third-order valence-electron chi connectivity index (χ3n) is 3.61. The second kappa shape index (κ2) is 6.34. The first-order chi connectivity index (χ1) is 9.54. The Bertz CT molecular complexity index is 409. The summed E-state index contributed by atoms with van der Waals surface area (Å²) in [7, 11) is 1.26. The summed E-state index contributed by atoms with van der Waals surface area (Å²) >= 11 is 1.72. The van der Waals surface area contributed by atoms with Gasteiger partial charge in [-0.25, -0.2) is 14.5 Å². The maximum Gasteiger partial charge on any atom is 0.418 e. The first-order valence-corrected chi connectivity index (χ1v) is 7.60. The van der Waals surface area contributed by atoms with Gasteiger partial charge in [0.25, 0.3) is 0 Å². The lowest BCUT2D eigenvalue weighted by Crippen LogP contribution is -2.44. The highest BCUT2D eigenvalue weighted by Crippen LogP contribution is 2.37. The quantitative estimate of drug-likeness (QED) is 0.586. The van der Waals surface area contributed by atoms with Crippen LogP contribution in [0.1, 0.15) is 25.7 Å². The van der Waals surface area contributed by atoms with Gasteiger partial charge in [-0.05, 0) is 12.8 Å². The van der Waals surface area contributed by atoms with Crippen LogP contribution in [0.3, 0.4) is 0 Å². The number of urea groups is 1. The van der Waals surface area contributed by atoms with Crippen molar-refractivity contribution in [3.05, 3.63) is 0 Å². The smallest absolute Gasteiger partial charge is 0.418 e. The Labute approximate surface area is 121 Å². The van der Waals surface area contributed by atoms with Crippen LogP contribution < -0.4 is 5.32 Å². The number of fused-ring (bicyclic) bond motifs is 1. The second-order valence-corrected chi connectivity index (χ2v) is 6.17. The summed E-state index contributed by atoms with van der Waals surface area (Å²) in [6.07, 6.45) is 1.71. The Kier molecular flexibility index (Phi) is 4.74. The molecule has 3 atom stereocenters. The van der Waals surface area contributed by atoms with Crippen LogP contribution in [-0.4, -0.2) is 58.3 Å². The zero-order chi connectivity index (χ0) is 14.7. The Hall–Kier alpha value is -1.44. The Morgan fingerprint density at radius 1 is 1.50 bits per heavy atom. The molecule has 2 rings (SSSR count). The summed E-state index contributed by atoms with van der Waals surface area (Å²) in [4.78, 5) is 35.1. The number of hydrogen-bond donors (Lipinski definition) is 2. The first kappa shape index (κ1) is 15.0. The van der Waals surface area contributed by atoms with Gasteiger partial charge in [0.05, 0.1) is 19.2 Å². The molecule has 0 aromatic carbocycles. The molecule has 2 fully saturated rings. The molecular weight excluding hydrogens is 284 g/mol. The summed E-state index contributed by atoms with van der Waals surface area (Å²) in [5, 5.41) is 11.5. The normalized spacial score (nSPS) is 28.1. The standard InChI is InChI=1S/C12H18N2O5S/c1-19-12(18)14-10-7(13-11(14)17)6-20-8(10)4-2-3-5-9(15)16/h7-8,10H,2-6H2,1H3,(H,13,17)(H,15,16)/t7-,8-,10-/m1/s1. The van der Waals surface area contributed by atoms with E-state index in [0.29, 0.717) is 6.42 Å². The van der Waals surface area contributed by atoms with Crippen LogP contribution in [0.2, 0.25) is 0 Å². The van der Waals surface area contributed by atoms with Crippen molar-refractivity contribution in [1.29, 1.82) is 0 Å². The maximum absolute atomic E-state index is 11.8. The van der Waals surface area contributed by atoms with Crippen molar-refractivity contribution in [3.8, 4) is 0 Å². The van der Waals surface area contributed by atoms with Gasteiger partial charge < -0.3 is 15.2 Å². The molecule has 0 saturated carbocycles. The van der Waals surface area contributed by atoms with Crippen molar-refractivity contribution in [1.82, 2.24) is 10.2 Å². The minimum absolute atomic E-state index is 0.0314. The summed E-state index contributed by atoms with van der Waals surface area (Å²) in [5.74, 6) is -0.0242. The molecule has 0 aliphatic carbocycles. The molecule has 20 heavy (non-hydrogen) atoms. The fourth-order valence-corrected chi connectivity index (χ4v) is 4.28. The molecule has 112 valence electrons. The highest BCUT2D eigenvalue weighted by atomic mass is 32.2. The van der Waals surface area contributed by atoms with Crippen LogP contribution >= 0.6 is 11.8 Å². The number of unbranched alkanes of at least 4 members (excludes halogenated alkanes) is 1. The van der Waals surface area contributed by atoms with Gasteiger partial charge in [-0.2, -0.15) is 11.8 Å². The fourth-order valence-electron chi connectivity index (χ4n) is 2.70. The fraction of sp³-hybridized carbons (Fsp3) is 0.750. The van der Waals surface area contributed by atoms with Crippen LogP contribution in [0.25, 0.3) is 0 Å². The zero-order valence-electron chi connectivity index (χ0n) is 11.2. The average molecular weight is 302 g/mol. The van der Waals surface area contributed by atoms with E-state index in [9.17, 15) is 14.4 Å². The van der Waals surface area contributed by atoms with Gasteiger partial charge in [-0.3, -0.25) is 4.79 Å². The highest BCUT2D eigenvalue weighted by molar-refractivity contribution is 8.00. The van der Waals surface area contributed by atoms with Gasteiger partial charge in [-0.1, -0.05) is 6.42 Å². The minimum atomic E-state index is -0.796. The number of carboxylic acids is 1. The van der Waals surface area contributed by atoms with Crippen LogP contribution in [0.4, 0.5) is 9.59 Å². The Morgan fingerprint density at radius 2 is 2.25 bits per heavy atom. The van der Waals surface area contributed by atoms with E-state index in [2.05, 4.69) is 10.1 Å². The largest absolute Gasteiger partial charge is 0.481 e. The second-order valence-electron chi connectivity index (χ2n) is 4.90. The van der Waals surface area contributed by atoms with E-state index in [0.717, 1.165) is 23.5 Å². The third kappa shape index (κ3) is 3.00. The molecular formula is C12H18N2O5S. The molecule has 2 aliphatic heterocycles. The molecule has 0 aromatic rings. The molecule has 2 saturated heterocycles. The molecule has 8 heteroatoms. The van der Waals surface area contributed by atoms with Gasteiger partial charge in [0.1, 0.15) is 0 Å². The number of thioether (sulfide) groups is 1. The third-order valence-corrected chi connectivity index (χ3v) is 5.10. The summed E-state index contributed by atoms with van der Waals surface area (Å²) in [5.41, 5.74) is 0. The van der Waals surface area contributed by atoms with Crippen LogP contribution in [0.5, 0.6) is 0 Å². The van der Waals surface area contributed by atoms with Crippen LogP contribution in [0.15, 0.2) is 0 Å². The van der Waals surface area contributed by atoms with Crippen LogP contribution in [-0.2, 0) is 9.53 Å². The van der Waals surface area contributed by atoms with E-state index in [1.165, 1.54) is 7.11 Å². The van der Waals surface area contributed by atoms with Crippen molar-refractivity contribution >= 4 is 29.9 Å². The molecule has 7 nitrogen and oxygen atoms in total. The van der Waals surface area contributed by atoms with Gasteiger partial charge in [-0.15, -0.1) is 0 Å². The lowest BCUT2D eigenvalue weighted by Gasteiger charge is -2.24. The number of carbonyl (C=O) groups is 3. The van der Waals surface area contributed by atoms with E-state index in [-0.39, 0.29) is 23.8 Å². The van der Waals surface area contributed by atoms with E-state index in [1.54, 1.807) is 11.8 Å². The van der Waals surface area contributed by atoms with Gasteiger partial charge in [0.15, 0.2) is 0 Å². The van der Waals surface area contributed by atoms with E-state index in [1.807, 2.05) is 0 Å². The number of nitrogens with zero attached hydrogens (tertiary/aromatic N) is 1. The molecule has 2 heterocycles. The average Bonchev–Trinajstić information content (AvgIpc) is 2.92. The molecule has 2 aliphatic rings. The number of carboxylic acid groups (broad SMARTS) is 1.